The Hall–Kier alpha value is -1.48. The minimum absolute atomic E-state index is 0.481. The van der Waals surface area contributed by atoms with Crippen LogP contribution in [0.15, 0.2) is 41.1 Å². The fourth-order valence-corrected chi connectivity index (χ4v) is 1.29. The number of nitrogens with one attached hydrogen (secondary N) is 1. The summed E-state index contributed by atoms with van der Waals surface area (Å²) < 4.78 is 5.17. The van der Waals surface area contributed by atoms with Gasteiger partial charge >= 0.3 is 0 Å². The Balaban J connectivity index is 1.98. The first-order chi connectivity index (χ1) is 6.84. The van der Waals surface area contributed by atoms with Gasteiger partial charge in [0.05, 0.1) is 12.8 Å². The summed E-state index contributed by atoms with van der Waals surface area (Å²) in [6.07, 6.45) is 3.31. The van der Waals surface area contributed by atoms with Crippen molar-refractivity contribution >= 4 is 17.3 Å². The molecule has 0 aromatic carbocycles. The highest BCUT2D eigenvalue weighted by Gasteiger charge is 1.96. The molecule has 0 atom stereocenters. The van der Waals surface area contributed by atoms with Crippen LogP contribution in [-0.4, -0.2) is 4.98 Å². The van der Waals surface area contributed by atoms with Crippen molar-refractivity contribution < 1.29 is 4.42 Å². The largest absolute Gasteiger partial charge is 0.467 e. The summed E-state index contributed by atoms with van der Waals surface area (Å²) in [6, 6.07) is 7.39. The van der Waals surface area contributed by atoms with Crippen LogP contribution in [0.4, 0.5) is 5.69 Å². The van der Waals surface area contributed by atoms with Gasteiger partial charge in [0, 0.05) is 11.9 Å². The van der Waals surface area contributed by atoms with E-state index < -0.39 is 0 Å². The van der Waals surface area contributed by atoms with Crippen molar-refractivity contribution in [3.05, 3.63) is 47.6 Å². The van der Waals surface area contributed by atoms with Crippen LogP contribution in [0.2, 0.25) is 5.15 Å². The molecule has 1 N–H and O–H groups in total. The highest BCUT2D eigenvalue weighted by Crippen LogP contribution is 2.13. The van der Waals surface area contributed by atoms with E-state index in [1.807, 2.05) is 18.2 Å². The van der Waals surface area contributed by atoms with Gasteiger partial charge in [-0.15, -0.1) is 0 Å². The van der Waals surface area contributed by atoms with E-state index >= 15 is 0 Å². The zero-order valence-electron chi connectivity index (χ0n) is 7.40. The molecule has 0 saturated carbocycles. The van der Waals surface area contributed by atoms with Gasteiger partial charge in [-0.3, -0.25) is 0 Å². The topological polar surface area (TPSA) is 38.1 Å². The van der Waals surface area contributed by atoms with Crippen molar-refractivity contribution in [2.45, 2.75) is 6.54 Å². The lowest BCUT2D eigenvalue weighted by Gasteiger charge is -2.03. The van der Waals surface area contributed by atoms with E-state index in [1.165, 1.54) is 0 Å². The second-order valence-electron chi connectivity index (χ2n) is 2.80. The molecule has 14 heavy (non-hydrogen) atoms. The summed E-state index contributed by atoms with van der Waals surface area (Å²) in [5.41, 5.74) is 0.932. The van der Waals surface area contributed by atoms with Crippen molar-refractivity contribution in [3.63, 3.8) is 0 Å². The minimum Gasteiger partial charge on any atom is -0.467 e. The number of hydrogen-bond donors (Lipinski definition) is 1. The molecule has 0 unspecified atom stereocenters. The Morgan fingerprint density at radius 1 is 1.43 bits per heavy atom. The fraction of sp³-hybridized carbons (Fsp3) is 0.100. The number of anilines is 1. The van der Waals surface area contributed by atoms with E-state index in [2.05, 4.69) is 10.3 Å². The molecule has 0 radical (unpaired) electrons. The average Bonchev–Trinajstić information content (AvgIpc) is 2.67. The molecule has 4 heteroatoms. The molecular weight excluding hydrogens is 200 g/mol. The summed E-state index contributed by atoms with van der Waals surface area (Å²) in [6.45, 7) is 0.646. The molecule has 72 valence electrons. The van der Waals surface area contributed by atoms with E-state index in [0.717, 1.165) is 11.4 Å². The van der Waals surface area contributed by atoms with Crippen LogP contribution in [0.1, 0.15) is 5.76 Å². The maximum absolute atomic E-state index is 5.73. The molecule has 3 nitrogen and oxygen atoms in total. The number of aromatic nitrogens is 1. The molecule has 0 bridgehead atoms. The summed E-state index contributed by atoms with van der Waals surface area (Å²) >= 11 is 5.73. The summed E-state index contributed by atoms with van der Waals surface area (Å²) in [5.74, 6) is 0.887. The number of pyridine rings is 1. The van der Waals surface area contributed by atoms with Gasteiger partial charge < -0.3 is 9.73 Å². The molecule has 0 aliphatic carbocycles. The first-order valence-electron chi connectivity index (χ1n) is 4.22. The molecule has 2 rings (SSSR count). The predicted molar refractivity (Wildman–Crippen MR) is 55.3 cm³/mol. The van der Waals surface area contributed by atoms with Gasteiger partial charge in [-0.1, -0.05) is 11.6 Å². The summed E-state index contributed by atoms with van der Waals surface area (Å²) in [7, 11) is 0. The van der Waals surface area contributed by atoms with Crippen LogP contribution in [0.3, 0.4) is 0 Å². The zero-order chi connectivity index (χ0) is 9.80. The van der Waals surface area contributed by atoms with Gasteiger partial charge in [0.2, 0.25) is 0 Å². The number of rotatable bonds is 3. The second-order valence-corrected chi connectivity index (χ2v) is 3.19. The number of nitrogens with zero attached hydrogens (tertiary/aromatic N) is 1. The molecule has 2 aromatic rings. The fourth-order valence-electron chi connectivity index (χ4n) is 1.11. The van der Waals surface area contributed by atoms with E-state index in [1.54, 1.807) is 18.5 Å². The smallest absolute Gasteiger partial charge is 0.131 e. The van der Waals surface area contributed by atoms with Gasteiger partial charge in [-0.25, -0.2) is 4.98 Å². The predicted octanol–water partition coefficient (Wildman–Crippen LogP) is 2.94. The minimum atomic E-state index is 0.481. The third-order valence-electron chi connectivity index (χ3n) is 1.77. The Labute approximate surface area is 86.7 Å². The van der Waals surface area contributed by atoms with E-state index in [9.17, 15) is 0 Å². The van der Waals surface area contributed by atoms with Crippen LogP contribution in [0, 0.1) is 0 Å². The summed E-state index contributed by atoms with van der Waals surface area (Å²) in [4.78, 5) is 3.89. The first kappa shape index (κ1) is 9.09. The van der Waals surface area contributed by atoms with Crippen molar-refractivity contribution in [2.24, 2.45) is 0 Å². The molecule has 2 heterocycles. The Morgan fingerprint density at radius 2 is 2.36 bits per heavy atom. The number of furan rings is 1. The van der Waals surface area contributed by atoms with Gasteiger partial charge in [-0.2, -0.15) is 0 Å². The second kappa shape index (κ2) is 4.15. The SMILES string of the molecule is Clc1cc(NCc2ccco2)ccn1. The third kappa shape index (κ3) is 2.26. The molecule has 0 aliphatic rings. The quantitative estimate of drug-likeness (QED) is 0.789. The molecule has 0 spiro atoms. The van der Waals surface area contributed by atoms with Crippen molar-refractivity contribution in [2.75, 3.05) is 5.32 Å². The standard InChI is InChI=1S/C10H9ClN2O/c11-10-6-8(3-4-12-10)13-7-9-2-1-5-14-9/h1-6H,7H2,(H,12,13). The lowest BCUT2D eigenvalue weighted by Crippen LogP contribution is -1.97. The zero-order valence-corrected chi connectivity index (χ0v) is 8.16. The molecule has 0 saturated heterocycles. The molecule has 0 amide bonds. The molecule has 2 aromatic heterocycles. The van der Waals surface area contributed by atoms with Crippen LogP contribution in [0.5, 0.6) is 0 Å². The van der Waals surface area contributed by atoms with E-state index in [-0.39, 0.29) is 0 Å². The number of halogens is 1. The third-order valence-corrected chi connectivity index (χ3v) is 1.98. The lowest BCUT2D eigenvalue weighted by atomic mass is 10.4. The highest BCUT2D eigenvalue weighted by molar-refractivity contribution is 6.29. The lowest BCUT2D eigenvalue weighted by molar-refractivity contribution is 0.518. The Kier molecular flexibility index (Phi) is 2.70. The normalized spacial score (nSPS) is 10.1. The summed E-state index contributed by atoms with van der Waals surface area (Å²) in [5, 5.41) is 3.65. The first-order valence-corrected chi connectivity index (χ1v) is 4.60. The average molecular weight is 209 g/mol. The van der Waals surface area contributed by atoms with Crippen LogP contribution >= 0.6 is 11.6 Å². The van der Waals surface area contributed by atoms with Crippen molar-refractivity contribution in [1.29, 1.82) is 0 Å². The van der Waals surface area contributed by atoms with E-state index in [0.29, 0.717) is 11.7 Å². The maximum Gasteiger partial charge on any atom is 0.131 e. The maximum atomic E-state index is 5.73. The van der Waals surface area contributed by atoms with Gasteiger partial charge in [-0.05, 0) is 24.3 Å². The van der Waals surface area contributed by atoms with Gasteiger partial charge in [0.1, 0.15) is 10.9 Å². The molecular formula is C10H9ClN2O. The van der Waals surface area contributed by atoms with Crippen molar-refractivity contribution in [3.8, 4) is 0 Å². The van der Waals surface area contributed by atoms with E-state index in [4.69, 9.17) is 16.0 Å². The van der Waals surface area contributed by atoms with Crippen molar-refractivity contribution in [1.82, 2.24) is 4.98 Å². The molecule has 0 aliphatic heterocycles. The monoisotopic (exact) mass is 208 g/mol. The Morgan fingerprint density at radius 3 is 3.07 bits per heavy atom. The Bertz CT molecular complexity index is 400. The molecule has 0 fully saturated rings. The highest BCUT2D eigenvalue weighted by atomic mass is 35.5. The van der Waals surface area contributed by atoms with Crippen LogP contribution in [0.25, 0.3) is 0 Å². The van der Waals surface area contributed by atoms with Crippen LogP contribution in [-0.2, 0) is 6.54 Å². The van der Waals surface area contributed by atoms with Gasteiger partial charge in [0.15, 0.2) is 0 Å². The van der Waals surface area contributed by atoms with Crippen LogP contribution < -0.4 is 5.32 Å². The van der Waals surface area contributed by atoms with Gasteiger partial charge in [0.25, 0.3) is 0 Å². The number of hydrogen-bond acceptors (Lipinski definition) is 3.